The van der Waals surface area contributed by atoms with Gasteiger partial charge in [0.25, 0.3) is 5.91 Å². The summed E-state index contributed by atoms with van der Waals surface area (Å²) in [5.41, 5.74) is 1.08. The highest BCUT2D eigenvalue weighted by Gasteiger charge is 2.17. The molecule has 2 N–H and O–H groups in total. The molecule has 1 aromatic rings. The van der Waals surface area contributed by atoms with Gasteiger partial charge in [-0.3, -0.25) is 9.78 Å². The van der Waals surface area contributed by atoms with E-state index in [1.54, 1.807) is 18.3 Å². The van der Waals surface area contributed by atoms with Crippen molar-refractivity contribution in [2.75, 3.05) is 26.7 Å². The lowest BCUT2D eigenvalue weighted by molar-refractivity contribution is 0.0938. The number of hydrogen-bond acceptors (Lipinski definition) is 4. The molecule has 2 heterocycles. The predicted molar refractivity (Wildman–Crippen MR) is 72.7 cm³/mol. The second kappa shape index (κ2) is 6.63. The summed E-state index contributed by atoms with van der Waals surface area (Å²) in [5, 5.41) is 12.0. The summed E-state index contributed by atoms with van der Waals surface area (Å²) in [7, 11) is 2.13. The van der Waals surface area contributed by atoms with Crippen LogP contribution in [-0.4, -0.2) is 47.6 Å². The van der Waals surface area contributed by atoms with Crippen molar-refractivity contribution in [3.63, 3.8) is 0 Å². The Labute approximate surface area is 113 Å². The van der Waals surface area contributed by atoms with Gasteiger partial charge in [0.05, 0.1) is 12.3 Å². The van der Waals surface area contributed by atoms with E-state index in [1.807, 2.05) is 0 Å². The minimum Gasteiger partial charge on any atom is -0.390 e. The van der Waals surface area contributed by atoms with Crippen molar-refractivity contribution in [1.82, 2.24) is 15.2 Å². The topological polar surface area (TPSA) is 65.5 Å². The van der Waals surface area contributed by atoms with Crippen LogP contribution in [-0.2, 0) is 6.61 Å². The molecule has 19 heavy (non-hydrogen) atoms. The smallest absolute Gasteiger partial charge is 0.251 e. The normalized spacial score (nSPS) is 17.4. The van der Waals surface area contributed by atoms with Crippen LogP contribution in [0.5, 0.6) is 0 Å². The average molecular weight is 263 g/mol. The molecule has 5 nitrogen and oxygen atoms in total. The molecule has 0 unspecified atom stereocenters. The van der Waals surface area contributed by atoms with Gasteiger partial charge in [-0.25, -0.2) is 0 Å². The highest BCUT2D eigenvalue weighted by molar-refractivity contribution is 5.94. The van der Waals surface area contributed by atoms with Crippen LogP contribution in [0.15, 0.2) is 18.3 Å². The van der Waals surface area contributed by atoms with Gasteiger partial charge in [0.2, 0.25) is 0 Å². The number of nitrogens with one attached hydrogen (secondary N) is 1. The molecule has 1 aromatic heterocycles. The van der Waals surface area contributed by atoms with E-state index in [-0.39, 0.29) is 12.5 Å². The molecule has 0 radical (unpaired) electrons. The summed E-state index contributed by atoms with van der Waals surface area (Å²) >= 11 is 0. The zero-order valence-electron chi connectivity index (χ0n) is 11.3. The van der Waals surface area contributed by atoms with Crippen molar-refractivity contribution in [3.8, 4) is 0 Å². The fourth-order valence-electron chi connectivity index (χ4n) is 2.31. The number of rotatable bonds is 4. The molecule has 1 fully saturated rings. The van der Waals surface area contributed by atoms with Crippen molar-refractivity contribution >= 4 is 5.91 Å². The summed E-state index contributed by atoms with van der Waals surface area (Å²) in [6, 6.07) is 3.30. The first-order valence-corrected chi connectivity index (χ1v) is 6.71. The minimum atomic E-state index is -0.143. The van der Waals surface area contributed by atoms with E-state index in [4.69, 9.17) is 5.11 Å². The third-order valence-electron chi connectivity index (χ3n) is 3.63. The molecule has 0 saturated carbocycles. The van der Waals surface area contributed by atoms with Gasteiger partial charge in [-0.2, -0.15) is 0 Å². The Balaban J connectivity index is 1.83. The molecule has 0 spiro atoms. The molecule has 0 aromatic carbocycles. The second-order valence-corrected chi connectivity index (χ2v) is 5.15. The van der Waals surface area contributed by atoms with Gasteiger partial charge in [0.1, 0.15) is 0 Å². The Kier molecular flexibility index (Phi) is 4.87. The number of aliphatic hydroxyl groups excluding tert-OH is 1. The molecule has 1 saturated heterocycles. The van der Waals surface area contributed by atoms with E-state index in [0.29, 0.717) is 17.2 Å². The van der Waals surface area contributed by atoms with Crippen LogP contribution >= 0.6 is 0 Å². The number of piperidine rings is 1. The molecule has 1 amide bonds. The van der Waals surface area contributed by atoms with Crippen LogP contribution in [0.25, 0.3) is 0 Å². The highest BCUT2D eigenvalue weighted by Crippen LogP contribution is 2.15. The number of nitrogens with zero attached hydrogens (tertiary/aromatic N) is 2. The van der Waals surface area contributed by atoms with E-state index in [2.05, 4.69) is 22.2 Å². The van der Waals surface area contributed by atoms with Crippen LogP contribution in [0, 0.1) is 5.92 Å². The van der Waals surface area contributed by atoms with Gasteiger partial charge < -0.3 is 15.3 Å². The first kappa shape index (κ1) is 14.0. The largest absolute Gasteiger partial charge is 0.390 e. The van der Waals surface area contributed by atoms with Gasteiger partial charge in [-0.15, -0.1) is 0 Å². The maximum absolute atomic E-state index is 12.0. The molecule has 5 heteroatoms. The maximum Gasteiger partial charge on any atom is 0.251 e. The van der Waals surface area contributed by atoms with Crippen molar-refractivity contribution in [1.29, 1.82) is 0 Å². The Hall–Kier alpha value is -1.46. The monoisotopic (exact) mass is 263 g/mol. The van der Waals surface area contributed by atoms with Gasteiger partial charge in [0, 0.05) is 18.3 Å². The summed E-state index contributed by atoms with van der Waals surface area (Å²) in [6.45, 7) is 2.79. The van der Waals surface area contributed by atoms with Crippen molar-refractivity contribution in [3.05, 3.63) is 29.6 Å². The van der Waals surface area contributed by atoms with E-state index < -0.39 is 0 Å². The number of pyridine rings is 1. The molecular weight excluding hydrogens is 242 g/mol. The molecule has 104 valence electrons. The van der Waals surface area contributed by atoms with E-state index in [0.717, 1.165) is 32.5 Å². The second-order valence-electron chi connectivity index (χ2n) is 5.15. The zero-order valence-corrected chi connectivity index (χ0v) is 11.3. The van der Waals surface area contributed by atoms with Crippen LogP contribution in [0.4, 0.5) is 0 Å². The molecule has 2 rings (SSSR count). The zero-order chi connectivity index (χ0) is 13.7. The van der Waals surface area contributed by atoms with Gasteiger partial charge in [-0.1, -0.05) is 0 Å². The van der Waals surface area contributed by atoms with Gasteiger partial charge in [0.15, 0.2) is 0 Å². The summed E-state index contributed by atoms with van der Waals surface area (Å²) in [4.78, 5) is 18.3. The molecule has 0 atom stereocenters. The Morgan fingerprint density at radius 3 is 2.95 bits per heavy atom. The summed E-state index contributed by atoms with van der Waals surface area (Å²) < 4.78 is 0. The third-order valence-corrected chi connectivity index (χ3v) is 3.63. The molecule has 0 bridgehead atoms. The number of carbonyl (C=O) groups excluding carboxylic acids is 1. The van der Waals surface area contributed by atoms with Crippen molar-refractivity contribution in [2.24, 2.45) is 5.92 Å². The molecular formula is C14H21N3O2. The first-order chi connectivity index (χ1) is 9.19. The molecule has 1 aliphatic heterocycles. The summed E-state index contributed by atoms with van der Waals surface area (Å²) in [6.07, 6.45) is 3.82. The quantitative estimate of drug-likeness (QED) is 0.837. The minimum absolute atomic E-state index is 0.0870. The van der Waals surface area contributed by atoms with Crippen LogP contribution in [0.3, 0.4) is 0 Å². The average Bonchev–Trinajstić information content (AvgIpc) is 2.46. The van der Waals surface area contributed by atoms with Gasteiger partial charge >= 0.3 is 0 Å². The van der Waals surface area contributed by atoms with E-state index in [1.165, 1.54) is 0 Å². The van der Waals surface area contributed by atoms with Gasteiger partial charge in [-0.05, 0) is 51.0 Å². The number of hydrogen-bond donors (Lipinski definition) is 2. The van der Waals surface area contributed by atoms with Crippen molar-refractivity contribution < 1.29 is 9.90 Å². The van der Waals surface area contributed by atoms with Crippen LogP contribution in [0.1, 0.15) is 28.9 Å². The predicted octanol–water partition coefficient (Wildman–Crippen LogP) is 0.646. The molecule has 1 aliphatic rings. The van der Waals surface area contributed by atoms with Crippen LogP contribution in [0.2, 0.25) is 0 Å². The number of carbonyl (C=O) groups is 1. The first-order valence-electron chi connectivity index (χ1n) is 6.71. The highest BCUT2D eigenvalue weighted by atomic mass is 16.3. The number of aromatic nitrogens is 1. The maximum atomic E-state index is 12.0. The fourth-order valence-corrected chi connectivity index (χ4v) is 2.31. The number of amides is 1. The van der Waals surface area contributed by atoms with Crippen molar-refractivity contribution in [2.45, 2.75) is 19.4 Å². The lowest BCUT2D eigenvalue weighted by Gasteiger charge is -2.28. The SMILES string of the molecule is CN1CCC(CNC(=O)c2ccnc(CO)c2)CC1. The number of likely N-dealkylation sites (tertiary alicyclic amines) is 1. The Bertz CT molecular complexity index is 428. The third kappa shape index (κ3) is 4.01. The van der Waals surface area contributed by atoms with E-state index >= 15 is 0 Å². The molecule has 0 aliphatic carbocycles. The lowest BCUT2D eigenvalue weighted by atomic mass is 9.97. The Morgan fingerprint density at radius 2 is 2.26 bits per heavy atom. The fraction of sp³-hybridized carbons (Fsp3) is 0.571. The number of aliphatic hydroxyl groups is 1. The summed E-state index contributed by atoms with van der Waals surface area (Å²) in [5.74, 6) is 0.482. The lowest BCUT2D eigenvalue weighted by Crippen LogP contribution is -2.36. The standard InChI is InChI=1S/C14H21N3O2/c1-17-6-3-11(4-7-17)9-16-14(19)12-2-5-15-13(8-12)10-18/h2,5,8,11,18H,3-4,6-7,9-10H2,1H3,(H,16,19). The van der Waals surface area contributed by atoms with E-state index in [9.17, 15) is 4.79 Å². The van der Waals surface area contributed by atoms with Crippen LogP contribution < -0.4 is 5.32 Å². The Morgan fingerprint density at radius 1 is 1.53 bits per heavy atom.